The topological polar surface area (TPSA) is 20.2 Å². The fraction of sp³-hybridized carbons (Fsp3) is 0.647. The fourth-order valence-electron chi connectivity index (χ4n) is 4.48. The van der Waals surface area contributed by atoms with E-state index < -0.39 is 0 Å². The van der Waals surface area contributed by atoms with Crippen LogP contribution in [0.15, 0.2) is 18.2 Å². The molecule has 1 aromatic carbocycles. The highest BCUT2D eigenvalue weighted by atomic mass is 16.3. The summed E-state index contributed by atoms with van der Waals surface area (Å²) in [6.07, 6.45) is 2.62. The maximum atomic E-state index is 10.2. The van der Waals surface area contributed by atoms with Gasteiger partial charge >= 0.3 is 0 Å². The third-order valence-electron chi connectivity index (χ3n) is 6.07. The van der Waals surface area contributed by atoms with Crippen LogP contribution in [-0.2, 0) is 0 Å². The Bertz CT molecular complexity index is 470. The number of hydrogen-bond donors (Lipinski definition) is 1. The van der Waals surface area contributed by atoms with Crippen molar-refractivity contribution in [3.05, 3.63) is 29.3 Å². The van der Waals surface area contributed by atoms with E-state index in [0.717, 1.165) is 23.3 Å². The molecule has 18 heavy (non-hydrogen) atoms. The minimum Gasteiger partial charge on any atom is -0.508 e. The molecule has 0 heterocycles. The van der Waals surface area contributed by atoms with Crippen molar-refractivity contribution >= 4 is 0 Å². The Morgan fingerprint density at radius 1 is 1.22 bits per heavy atom. The third-order valence-corrected chi connectivity index (χ3v) is 6.07. The van der Waals surface area contributed by atoms with Crippen LogP contribution < -0.4 is 0 Å². The van der Waals surface area contributed by atoms with E-state index in [1.165, 1.54) is 18.4 Å². The Hall–Kier alpha value is -0.980. The van der Waals surface area contributed by atoms with Crippen LogP contribution in [0.2, 0.25) is 0 Å². The maximum absolute atomic E-state index is 10.2. The van der Waals surface area contributed by atoms with Crippen molar-refractivity contribution in [3.8, 4) is 5.75 Å². The Morgan fingerprint density at radius 2 is 1.94 bits per heavy atom. The van der Waals surface area contributed by atoms with Gasteiger partial charge in [-0.1, -0.05) is 32.9 Å². The molecule has 0 radical (unpaired) electrons. The smallest absolute Gasteiger partial charge is 0.119 e. The lowest BCUT2D eigenvalue weighted by Gasteiger charge is -2.40. The van der Waals surface area contributed by atoms with Gasteiger partial charge in [0.15, 0.2) is 0 Å². The molecule has 4 atom stereocenters. The predicted molar refractivity (Wildman–Crippen MR) is 74.7 cm³/mol. The van der Waals surface area contributed by atoms with Gasteiger partial charge in [-0.15, -0.1) is 0 Å². The second kappa shape index (κ2) is 3.76. The number of hydrogen-bond acceptors (Lipinski definition) is 1. The number of benzene rings is 1. The molecular weight excluding hydrogens is 220 g/mol. The van der Waals surface area contributed by atoms with Gasteiger partial charge in [0.05, 0.1) is 0 Å². The summed E-state index contributed by atoms with van der Waals surface area (Å²) in [4.78, 5) is 0. The highest BCUT2D eigenvalue weighted by molar-refractivity contribution is 5.40. The van der Waals surface area contributed by atoms with Gasteiger partial charge in [0.25, 0.3) is 0 Å². The van der Waals surface area contributed by atoms with E-state index in [4.69, 9.17) is 0 Å². The molecule has 2 aliphatic carbocycles. The average Bonchev–Trinajstić information content (AvgIpc) is 2.79. The normalized spacial score (nSPS) is 37.1. The molecule has 0 spiro atoms. The lowest BCUT2D eigenvalue weighted by molar-refractivity contribution is 0.121. The number of fused-ring (bicyclic) bond motifs is 2. The number of phenols is 1. The summed E-state index contributed by atoms with van der Waals surface area (Å²) in [6.45, 7) is 9.29. The Kier molecular flexibility index (Phi) is 2.52. The highest BCUT2D eigenvalue weighted by Gasteiger charge is 2.55. The van der Waals surface area contributed by atoms with Crippen LogP contribution in [0.1, 0.15) is 50.7 Å². The molecule has 2 saturated carbocycles. The quantitative estimate of drug-likeness (QED) is 0.772. The van der Waals surface area contributed by atoms with Crippen molar-refractivity contribution in [2.24, 2.45) is 23.2 Å². The van der Waals surface area contributed by atoms with Gasteiger partial charge in [0.1, 0.15) is 5.75 Å². The van der Waals surface area contributed by atoms with Crippen molar-refractivity contribution in [1.29, 1.82) is 0 Å². The lowest BCUT2D eigenvalue weighted by Crippen LogP contribution is -2.32. The van der Waals surface area contributed by atoms with E-state index in [0.29, 0.717) is 17.1 Å². The minimum atomic E-state index is 0.488. The van der Waals surface area contributed by atoms with Crippen LogP contribution in [0, 0.1) is 30.1 Å². The summed E-state index contributed by atoms with van der Waals surface area (Å²) in [5, 5.41) is 10.2. The second-order valence-corrected chi connectivity index (χ2v) is 7.11. The molecule has 2 bridgehead atoms. The molecular formula is C17H24O. The summed E-state index contributed by atoms with van der Waals surface area (Å²) in [6, 6.07) is 6.20. The standard InChI is InChI=1S/C17H24O/c1-10-5-6-13(16(18)7-10)15-9-12-8-14(15)11(2)17(12,3)4/h5-7,11-12,14-15,18H,8-9H2,1-4H3. The number of aryl methyl sites for hydroxylation is 1. The number of phenolic OH excluding ortho intramolecular Hbond substituents is 1. The number of aromatic hydroxyl groups is 1. The summed E-state index contributed by atoms with van der Waals surface area (Å²) in [5.41, 5.74) is 2.82. The monoisotopic (exact) mass is 244 g/mol. The Balaban J connectivity index is 1.93. The molecule has 0 aromatic heterocycles. The third kappa shape index (κ3) is 1.52. The zero-order chi connectivity index (χ0) is 13.1. The highest BCUT2D eigenvalue weighted by Crippen LogP contribution is 2.64. The summed E-state index contributed by atoms with van der Waals surface area (Å²) in [7, 11) is 0. The van der Waals surface area contributed by atoms with E-state index >= 15 is 0 Å². The van der Waals surface area contributed by atoms with Gasteiger partial charge in [-0.3, -0.25) is 0 Å². The van der Waals surface area contributed by atoms with Gasteiger partial charge in [-0.2, -0.15) is 0 Å². The molecule has 3 rings (SSSR count). The molecule has 1 aromatic rings. The van der Waals surface area contributed by atoms with Crippen molar-refractivity contribution in [1.82, 2.24) is 0 Å². The van der Waals surface area contributed by atoms with Crippen LogP contribution in [0.4, 0.5) is 0 Å². The molecule has 4 unspecified atom stereocenters. The van der Waals surface area contributed by atoms with E-state index in [1.54, 1.807) is 0 Å². The van der Waals surface area contributed by atoms with Crippen LogP contribution in [-0.4, -0.2) is 5.11 Å². The van der Waals surface area contributed by atoms with E-state index in [2.05, 4.69) is 32.9 Å². The Morgan fingerprint density at radius 3 is 2.50 bits per heavy atom. The molecule has 2 aliphatic rings. The summed E-state index contributed by atoms with van der Waals surface area (Å²) in [5.74, 6) is 3.46. The average molecular weight is 244 g/mol. The first-order valence-corrected chi connectivity index (χ1v) is 7.20. The molecule has 98 valence electrons. The predicted octanol–water partition coefficient (Wildman–Crippen LogP) is 4.49. The van der Waals surface area contributed by atoms with Crippen LogP contribution in [0.25, 0.3) is 0 Å². The van der Waals surface area contributed by atoms with E-state index in [-0.39, 0.29) is 0 Å². The molecule has 0 amide bonds. The van der Waals surface area contributed by atoms with Gasteiger partial charge in [-0.25, -0.2) is 0 Å². The van der Waals surface area contributed by atoms with Crippen LogP contribution in [0.5, 0.6) is 5.75 Å². The minimum absolute atomic E-state index is 0.488. The van der Waals surface area contributed by atoms with Gasteiger partial charge in [0.2, 0.25) is 0 Å². The number of rotatable bonds is 1. The first-order chi connectivity index (χ1) is 8.41. The fourth-order valence-corrected chi connectivity index (χ4v) is 4.48. The maximum Gasteiger partial charge on any atom is 0.119 e. The second-order valence-electron chi connectivity index (χ2n) is 7.11. The first-order valence-electron chi connectivity index (χ1n) is 7.20. The van der Waals surface area contributed by atoms with Crippen LogP contribution >= 0.6 is 0 Å². The zero-order valence-corrected chi connectivity index (χ0v) is 11.9. The van der Waals surface area contributed by atoms with E-state index in [9.17, 15) is 5.11 Å². The zero-order valence-electron chi connectivity index (χ0n) is 11.9. The van der Waals surface area contributed by atoms with Crippen molar-refractivity contribution in [2.75, 3.05) is 0 Å². The summed E-state index contributed by atoms with van der Waals surface area (Å²) < 4.78 is 0. The Labute approximate surface area is 110 Å². The molecule has 1 heteroatoms. The molecule has 2 fully saturated rings. The van der Waals surface area contributed by atoms with Crippen molar-refractivity contribution in [3.63, 3.8) is 0 Å². The van der Waals surface area contributed by atoms with Crippen molar-refractivity contribution < 1.29 is 5.11 Å². The van der Waals surface area contributed by atoms with Crippen LogP contribution in [0.3, 0.4) is 0 Å². The molecule has 0 aliphatic heterocycles. The van der Waals surface area contributed by atoms with Gasteiger partial charge in [0, 0.05) is 0 Å². The van der Waals surface area contributed by atoms with E-state index in [1.807, 2.05) is 13.0 Å². The first kappa shape index (κ1) is 12.1. The summed E-state index contributed by atoms with van der Waals surface area (Å²) >= 11 is 0. The largest absolute Gasteiger partial charge is 0.508 e. The lowest BCUT2D eigenvalue weighted by atomic mass is 9.65. The SMILES string of the molecule is Cc1ccc(C2CC3CC2C(C)C3(C)C)c(O)c1. The van der Waals surface area contributed by atoms with Gasteiger partial charge in [-0.05, 0) is 66.0 Å². The molecule has 1 N–H and O–H groups in total. The van der Waals surface area contributed by atoms with Crippen molar-refractivity contribution in [2.45, 2.75) is 46.5 Å². The molecule has 0 saturated heterocycles. The van der Waals surface area contributed by atoms with Gasteiger partial charge < -0.3 is 5.11 Å². The molecule has 1 nitrogen and oxygen atoms in total.